The van der Waals surface area contributed by atoms with E-state index < -0.39 is 46.8 Å². The van der Waals surface area contributed by atoms with Gasteiger partial charge in [-0.25, -0.2) is 0 Å². The summed E-state index contributed by atoms with van der Waals surface area (Å²) in [5.74, 6) is -3.19. The summed E-state index contributed by atoms with van der Waals surface area (Å²) in [5, 5.41) is 11.1. The summed E-state index contributed by atoms with van der Waals surface area (Å²) >= 11 is 0. The highest BCUT2D eigenvalue weighted by atomic mass is 16.6. The number of carbonyl (C=O) groups is 4. The van der Waals surface area contributed by atoms with Crippen LogP contribution in [0.25, 0.3) is 0 Å². The molecule has 148 valence electrons. The van der Waals surface area contributed by atoms with Crippen molar-refractivity contribution >= 4 is 29.3 Å². The van der Waals surface area contributed by atoms with Crippen molar-refractivity contribution < 1.29 is 28.8 Å². The van der Waals surface area contributed by atoms with Gasteiger partial charge in [-0.2, -0.15) is 0 Å². The first-order valence-corrected chi connectivity index (χ1v) is 8.64. The topological polar surface area (TPSA) is 124 Å². The van der Waals surface area contributed by atoms with Crippen molar-refractivity contribution in [2.45, 2.75) is 20.0 Å². The second kappa shape index (κ2) is 7.63. The number of imide groups is 1. The molecule has 2 amide bonds. The minimum atomic E-state index is -1.13. The van der Waals surface area contributed by atoms with Gasteiger partial charge in [-0.05, 0) is 19.9 Å². The van der Waals surface area contributed by atoms with Crippen LogP contribution in [0.2, 0.25) is 0 Å². The lowest BCUT2D eigenvalue weighted by molar-refractivity contribution is -0.385. The molecule has 3 rings (SSSR count). The molecule has 0 aromatic heterocycles. The summed E-state index contributed by atoms with van der Waals surface area (Å²) in [6.07, 6.45) is -1.13. The van der Waals surface area contributed by atoms with E-state index >= 15 is 0 Å². The molecule has 1 aliphatic heterocycles. The maximum absolute atomic E-state index is 12.5. The summed E-state index contributed by atoms with van der Waals surface area (Å²) in [6.45, 7) is 2.49. The maximum atomic E-state index is 12.5. The number of amides is 2. The molecule has 0 saturated carbocycles. The molecule has 1 aliphatic rings. The highest BCUT2D eigenvalue weighted by molar-refractivity contribution is 6.24. The molecular weight excluding hydrogens is 380 g/mol. The third-order valence-corrected chi connectivity index (χ3v) is 4.47. The molecule has 1 unspecified atom stereocenters. The lowest BCUT2D eigenvalue weighted by atomic mass is 10.1. The Kier molecular flexibility index (Phi) is 5.22. The first-order valence-electron chi connectivity index (χ1n) is 8.64. The van der Waals surface area contributed by atoms with E-state index in [-0.39, 0.29) is 11.1 Å². The zero-order chi connectivity index (χ0) is 21.3. The summed E-state index contributed by atoms with van der Waals surface area (Å²) in [5.41, 5.74) is 0.290. The van der Waals surface area contributed by atoms with Gasteiger partial charge in [0.15, 0.2) is 6.10 Å². The number of fused-ring (bicyclic) bond motifs is 1. The molecule has 2 aromatic carbocycles. The molecule has 0 spiro atoms. The number of hydrogen-bond donors (Lipinski definition) is 0. The molecule has 1 atom stereocenters. The van der Waals surface area contributed by atoms with Gasteiger partial charge in [-0.3, -0.25) is 34.2 Å². The highest BCUT2D eigenvalue weighted by Gasteiger charge is 2.42. The van der Waals surface area contributed by atoms with Crippen LogP contribution in [-0.2, 0) is 9.53 Å². The van der Waals surface area contributed by atoms with Crippen molar-refractivity contribution in [3.8, 4) is 0 Å². The lowest BCUT2D eigenvalue weighted by Crippen LogP contribution is -2.37. The van der Waals surface area contributed by atoms with Gasteiger partial charge >= 0.3 is 5.97 Å². The van der Waals surface area contributed by atoms with Crippen LogP contribution in [0.5, 0.6) is 0 Å². The van der Waals surface area contributed by atoms with E-state index in [0.29, 0.717) is 10.5 Å². The smallest absolute Gasteiger partial charge is 0.326 e. The third-order valence-electron chi connectivity index (χ3n) is 4.47. The van der Waals surface area contributed by atoms with Crippen LogP contribution in [0, 0.1) is 17.0 Å². The minimum Gasteiger partial charge on any atom is -0.453 e. The van der Waals surface area contributed by atoms with Crippen molar-refractivity contribution in [3.63, 3.8) is 0 Å². The van der Waals surface area contributed by atoms with Crippen molar-refractivity contribution in [2.75, 3.05) is 6.54 Å². The van der Waals surface area contributed by atoms with Crippen LogP contribution in [0.1, 0.15) is 43.6 Å². The van der Waals surface area contributed by atoms with Crippen LogP contribution < -0.4 is 0 Å². The normalized spacial score (nSPS) is 13.8. The molecule has 9 heteroatoms. The number of nitro benzene ring substituents is 1. The van der Waals surface area contributed by atoms with E-state index in [4.69, 9.17) is 4.74 Å². The Morgan fingerprint density at radius 1 is 1.10 bits per heavy atom. The molecule has 0 radical (unpaired) electrons. The number of Topliss-reactive ketones (excluding diaryl/α,β-unsaturated/α-hetero) is 1. The number of nitro groups is 1. The van der Waals surface area contributed by atoms with Crippen LogP contribution in [0.3, 0.4) is 0 Å². The number of benzene rings is 2. The number of hydrogen-bond acceptors (Lipinski definition) is 7. The number of rotatable bonds is 6. The van der Waals surface area contributed by atoms with Gasteiger partial charge in [0.1, 0.15) is 12.1 Å². The van der Waals surface area contributed by atoms with E-state index in [2.05, 4.69) is 0 Å². The van der Waals surface area contributed by atoms with Crippen LogP contribution in [0.15, 0.2) is 42.5 Å². The van der Waals surface area contributed by atoms with Gasteiger partial charge in [0, 0.05) is 11.6 Å². The molecular formula is C20H16N2O7. The zero-order valence-corrected chi connectivity index (χ0v) is 15.6. The van der Waals surface area contributed by atoms with E-state index in [1.54, 1.807) is 24.3 Å². The summed E-state index contributed by atoms with van der Waals surface area (Å²) in [4.78, 5) is 60.3. The summed E-state index contributed by atoms with van der Waals surface area (Å²) in [6, 6.07) is 10.4. The average Bonchev–Trinajstić information content (AvgIpc) is 2.92. The van der Waals surface area contributed by atoms with Gasteiger partial charge in [-0.1, -0.05) is 35.9 Å². The zero-order valence-electron chi connectivity index (χ0n) is 15.6. The van der Waals surface area contributed by atoms with Gasteiger partial charge in [-0.15, -0.1) is 0 Å². The van der Waals surface area contributed by atoms with Gasteiger partial charge in [0.05, 0.1) is 10.5 Å². The Morgan fingerprint density at radius 3 is 2.38 bits per heavy atom. The lowest BCUT2D eigenvalue weighted by Gasteiger charge is -2.16. The van der Waals surface area contributed by atoms with E-state index in [9.17, 15) is 29.3 Å². The van der Waals surface area contributed by atoms with Crippen molar-refractivity contribution in [2.24, 2.45) is 0 Å². The number of ketones is 1. The maximum Gasteiger partial charge on any atom is 0.326 e. The Bertz CT molecular complexity index is 1040. The minimum absolute atomic E-state index is 0.152. The fourth-order valence-corrected chi connectivity index (χ4v) is 2.98. The average molecular weight is 396 g/mol. The fourth-order valence-electron chi connectivity index (χ4n) is 2.98. The van der Waals surface area contributed by atoms with Crippen molar-refractivity contribution in [1.82, 2.24) is 4.90 Å². The quantitative estimate of drug-likeness (QED) is 0.241. The van der Waals surface area contributed by atoms with E-state index in [1.807, 2.05) is 6.92 Å². The molecule has 1 heterocycles. The molecule has 2 aromatic rings. The highest BCUT2D eigenvalue weighted by Crippen LogP contribution is 2.30. The standard InChI is InChI=1S/C20H16N2O7/c1-11-6-8-13(9-7-11)18(24)12(2)29-16(23)10-21-19(25)14-4-3-5-15(22(27)28)17(14)20(21)26/h3-9,12H,10H2,1-2H3. The van der Waals surface area contributed by atoms with Crippen molar-refractivity contribution in [3.05, 3.63) is 74.8 Å². The third kappa shape index (κ3) is 3.75. The molecule has 0 fully saturated rings. The van der Waals surface area contributed by atoms with Crippen molar-refractivity contribution in [1.29, 1.82) is 0 Å². The van der Waals surface area contributed by atoms with Crippen LogP contribution in [0.4, 0.5) is 5.69 Å². The SMILES string of the molecule is Cc1ccc(C(=O)C(C)OC(=O)CN2C(=O)c3cccc([N+](=O)[O-])c3C2=O)cc1. The largest absolute Gasteiger partial charge is 0.453 e. The first kappa shape index (κ1) is 19.9. The van der Waals surface area contributed by atoms with E-state index in [0.717, 1.165) is 11.6 Å². The van der Waals surface area contributed by atoms with Gasteiger partial charge < -0.3 is 4.74 Å². The first-order chi connectivity index (χ1) is 13.7. The van der Waals surface area contributed by atoms with Gasteiger partial charge in [0.2, 0.25) is 5.78 Å². The molecule has 0 N–H and O–H groups in total. The number of carbonyl (C=O) groups excluding carboxylic acids is 4. The second-order valence-electron chi connectivity index (χ2n) is 6.52. The predicted molar refractivity (Wildman–Crippen MR) is 99.5 cm³/mol. The fraction of sp³-hybridized carbons (Fsp3) is 0.200. The van der Waals surface area contributed by atoms with Gasteiger partial charge in [0.25, 0.3) is 17.5 Å². The monoisotopic (exact) mass is 396 g/mol. The van der Waals surface area contributed by atoms with Crippen LogP contribution in [-0.4, -0.2) is 46.0 Å². The Labute approximate surface area is 165 Å². The predicted octanol–water partition coefficient (Wildman–Crippen LogP) is 2.31. The second-order valence-corrected chi connectivity index (χ2v) is 6.52. The van der Waals surface area contributed by atoms with Crippen LogP contribution >= 0.6 is 0 Å². The molecule has 29 heavy (non-hydrogen) atoms. The number of ether oxygens (including phenoxy) is 1. The number of aryl methyl sites for hydroxylation is 1. The van der Waals surface area contributed by atoms with E-state index in [1.165, 1.54) is 19.1 Å². The number of esters is 1. The molecule has 9 nitrogen and oxygen atoms in total. The Hall–Kier alpha value is -3.88. The summed E-state index contributed by atoms with van der Waals surface area (Å²) in [7, 11) is 0. The molecule has 0 bridgehead atoms. The summed E-state index contributed by atoms with van der Waals surface area (Å²) < 4.78 is 5.06. The molecule has 0 aliphatic carbocycles. The Morgan fingerprint density at radius 2 is 1.76 bits per heavy atom. The number of nitrogens with zero attached hydrogens (tertiary/aromatic N) is 2. The Balaban J connectivity index is 1.71. The molecule has 0 saturated heterocycles.